The first-order chi connectivity index (χ1) is 16.3. The van der Waals surface area contributed by atoms with E-state index in [9.17, 15) is 4.79 Å². The van der Waals surface area contributed by atoms with Crippen molar-refractivity contribution in [1.29, 1.82) is 0 Å². The number of nitrogens with zero attached hydrogens (tertiary/aromatic N) is 3. The van der Waals surface area contributed by atoms with Crippen molar-refractivity contribution in [3.63, 3.8) is 0 Å². The molecule has 5 rings (SSSR count). The number of nitrogen functional groups attached to an aromatic ring is 1. The van der Waals surface area contributed by atoms with Gasteiger partial charge in [-0.15, -0.1) is 0 Å². The Morgan fingerprint density at radius 1 is 1.15 bits per heavy atom. The van der Waals surface area contributed by atoms with Gasteiger partial charge in [0, 0.05) is 36.0 Å². The standard InChI is InChI=1S/C26H31N5O3/c1-14-5-17(7-20(27)6-14)15(2)28-25-21-9-24(33-4)22(8-23(21)29-16(3)30-25)26(32)31-10-18-12-34-13-19(18)11-31/h5-9,15,18-19H,10-13,27H2,1-4H3,(H,28,29,30)/t15-,18?,19?/m1/s1. The Labute approximate surface area is 199 Å². The Kier molecular flexibility index (Phi) is 5.77. The number of carbonyl (C=O) groups is 1. The van der Waals surface area contributed by atoms with Crippen LogP contribution in [0.1, 0.15) is 40.3 Å². The van der Waals surface area contributed by atoms with Gasteiger partial charge in [-0.2, -0.15) is 0 Å². The molecule has 8 nitrogen and oxygen atoms in total. The topological polar surface area (TPSA) is 103 Å². The largest absolute Gasteiger partial charge is 0.496 e. The zero-order chi connectivity index (χ0) is 24.0. The number of benzene rings is 2. The highest BCUT2D eigenvalue weighted by molar-refractivity contribution is 6.03. The van der Waals surface area contributed by atoms with Crippen LogP contribution < -0.4 is 15.8 Å². The summed E-state index contributed by atoms with van der Waals surface area (Å²) in [4.78, 5) is 24.6. The summed E-state index contributed by atoms with van der Waals surface area (Å²) in [6.45, 7) is 8.86. The third-order valence-corrected chi connectivity index (χ3v) is 6.86. The summed E-state index contributed by atoms with van der Waals surface area (Å²) in [6.07, 6.45) is 0. The van der Waals surface area contributed by atoms with Crippen molar-refractivity contribution in [3.8, 4) is 5.75 Å². The number of amides is 1. The van der Waals surface area contributed by atoms with Gasteiger partial charge in [0.05, 0.1) is 37.4 Å². The van der Waals surface area contributed by atoms with E-state index < -0.39 is 0 Å². The van der Waals surface area contributed by atoms with Gasteiger partial charge in [-0.05, 0) is 56.2 Å². The fourth-order valence-corrected chi connectivity index (χ4v) is 5.12. The molecule has 2 aromatic carbocycles. The van der Waals surface area contributed by atoms with Crippen LogP contribution in [-0.2, 0) is 4.74 Å². The second kappa shape index (κ2) is 8.76. The van der Waals surface area contributed by atoms with Crippen LogP contribution in [0.3, 0.4) is 0 Å². The van der Waals surface area contributed by atoms with Crippen LogP contribution in [0.5, 0.6) is 5.75 Å². The quantitative estimate of drug-likeness (QED) is 0.558. The van der Waals surface area contributed by atoms with Crippen molar-refractivity contribution in [2.45, 2.75) is 26.8 Å². The highest BCUT2D eigenvalue weighted by Crippen LogP contribution is 2.35. The van der Waals surface area contributed by atoms with Crippen LogP contribution in [-0.4, -0.2) is 54.2 Å². The lowest BCUT2D eigenvalue weighted by Gasteiger charge is -2.21. The average molecular weight is 462 g/mol. The minimum absolute atomic E-state index is 0.0254. The third kappa shape index (κ3) is 4.14. The van der Waals surface area contributed by atoms with Gasteiger partial charge in [0.1, 0.15) is 17.4 Å². The number of rotatable bonds is 5. The molecule has 0 bridgehead atoms. The first kappa shape index (κ1) is 22.4. The maximum absolute atomic E-state index is 13.4. The van der Waals surface area contributed by atoms with E-state index in [1.165, 1.54) is 0 Å². The fourth-order valence-electron chi connectivity index (χ4n) is 5.12. The van der Waals surface area contributed by atoms with Crippen LogP contribution in [0, 0.1) is 25.7 Å². The van der Waals surface area contributed by atoms with Gasteiger partial charge in [0.25, 0.3) is 5.91 Å². The molecule has 34 heavy (non-hydrogen) atoms. The Bertz CT molecular complexity index is 1230. The van der Waals surface area contributed by atoms with Gasteiger partial charge in [0.15, 0.2) is 0 Å². The number of hydrogen-bond acceptors (Lipinski definition) is 7. The van der Waals surface area contributed by atoms with Crippen LogP contribution in [0.2, 0.25) is 0 Å². The van der Waals surface area contributed by atoms with E-state index in [2.05, 4.69) is 28.3 Å². The Hall–Kier alpha value is -3.39. The summed E-state index contributed by atoms with van der Waals surface area (Å²) in [5.74, 6) is 2.67. The minimum atomic E-state index is -0.0294. The molecule has 3 heterocycles. The van der Waals surface area contributed by atoms with Crippen molar-refractivity contribution in [2.75, 3.05) is 44.5 Å². The maximum Gasteiger partial charge on any atom is 0.257 e. The van der Waals surface area contributed by atoms with Crippen molar-refractivity contribution in [3.05, 3.63) is 52.8 Å². The molecule has 2 saturated heterocycles. The molecule has 3 N–H and O–H groups in total. The molecule has 0 radical (unpaired) electrons. The molecule has 1 aromatic heterocycles. The predicted molar refractivity (Wildman–Crippen MR) is 132 cm³/mol. The zero-order valence-electron chi connectivity index (χ0n) is 20.1. The van der Waals surface area contributed by atoms with Crippen molar-refractivity contribution in [1.82, 2.24) is 14.9 Å². The van der Waals surface area contributed by atoms with E-state index in [1.807, 2.05) is 43.0 Å². The Morgan fingerprint density at radius 2 is 1.88 bits per heavy atom. The molecular formula is C26H31N5O3. The van der Waals surface area contributed by atoms with Gasteiger partial charge < -0.3 is 25.4 Å². The smallest absolute Gasteiger partial charge is 0.257 e. The lowest BCUT2D eigenvalue weighted by molar-refractivity contribution is 0.0748. The summed E-state index contributed by atoms with van der Waals surface area (Å²) >= 11 is 0. The molecule has 0 spiro atoms. The zero-order valence-corrected chi connectivity index (χ0v) is 20.1. The van der Waals surface area contributed by atoms with Crippen molar-refractivity contribution >= 4 is 28.3 Å². The molecule has 0 aliphatic carbocycles. The minimum Gasteiger partial charge on any atom is -0.496 e. The molecule has 8 heteroatoms. The SMILES string of the molecule is COc1cc2c(N[C@H](C)c3cc(C)cc(N)c3)nc(C)nc2cc1C(=O)N1CC2COCC2C1. The molecule has 2 fully saturated rings. The van der Waals surface area contributed by atoms with Gasteiger partial charge in [-0.1, -0.05) is 6.07 Å². The Morgan fingerprint density at radius 3 is 2.56 bits per heavy atom. The molecule has 3 aromatic rings. The number of nitrogens with one attached hydrogen (secondary N) is 1. The number of aromatic nitrogens is 2. The van der Waals surface area contributed by atoms with E-state index in [0.717, 1.165) is 48.5 Å². The predicted octanol–water partition coefficient (Wildman–Crippen LogP) is 3.73. The summed E-state index contributed by atoms with van der Waals surface area (Å²) < 4.78 is 11.2. The molecular weight excluding hydrogens is 430 g/mol. The van der Waals surface area contributed by atoms with Gasteiger partial charge in [-0.25, -0.2) is 9.97 Å². The number of nitrogens with two attached hydrogens (primary N) is 1. The molecule has 2 aliphatic rings. The second-order valence-electron chi connectivity index (χ2n) is 9.50. The summed E-state index contributed by atoms with van der Waals surface area (Å²) in [5, 5.41) is 4.31. The summed E-state index contributed by atoms with van der Waals surface area (Å²) in [7, 11) is 1.59. The number of likely N-dealkylation sites (tertiary alicyclic amines) is 1. The number of fused-ring (bicyclic) bond motifs is 2. The van der Waals surface area contributed by atoms with Crippen molar-refractivity contribution in [2.24, 2.45) is 11.8 Å². The number of aryl methyl sites for hydroxylation is 2. The lowest BCUT2D eigenvalue weighted by Crippen LogP contribution is -2.30. The molecule has 0 saturated carbocycles. The maximum atomic E-state index is 13.4. The lowest BCUT2D eigenvalue weighted by atomic mass is 10.0. The molecule has 3 atom stereocenters. The van der Waals surface area contributed by atoms with E-state index in [4.69, 9.17) is 15.2 Å². The second-order valence-corrected chi connectivity index (χ2v) is 9.50. The number of methoxy groups -OCH3 is 1. The number of carbonyl (C=O) groups excluding carboxylic acids is 1. The fraction of sp³-hybridized carbons (Fsp3) is 0.423. The monoisotopic (exact) mass is 461 g/mol. The van der Waals surface area contributed by atoms with Gasteiger partial charge in [0.2, 0.25) is 0 Å². The van der Waals surface area contributed by atoms with E-state index in [-0.39, 0.29) is 11.9 Å². The first-order valence-corrected chi connectivity index (χ1v) is 11.7. The number of hydrogen-bond donors (Lipinski definition) is 2. The van der Waals surface area contributed by atoms with E-state index >= 15 is 0 Å². The molecule has 178 valence electrons. The van der Waals surface area contributed by atoms with Gasteiger partial charge in [-0.3, -0.25) is 4.79 Å². The van der Waals surface area contributed by atoms with Crippen LogP contribution in [0.15, 0.2) is 30.3 Å². The van der Waals surface area contributed by atoms with Crippen molar-refractivity contribution < 1.29 is 14.3 Å². The van der Waals surface area contributed by atoms with Gasteiger partial charge >= 0.3 is 0 Å². The third-order valence-electron chi connectivity index (χ3n) is 6.86. The highest BCUT2D eigenvalue weighted by Gasteiger charge is 2.39. The highest BCUT2D eigenvalue weighted by atomic mass is 16.5. The molecule has 1 amide bonds. The summed E-state index contributed by atoms with van der Waals surface area (Å²) in [5.41, 5.74) is 10.2. The number of anilines is 2. The summed E-state index contributed by atoms with van der Waals surface area (Å²) in [6, 6.07) is 9.69. The number of ether oxygens (including phenoxy) is 2. The normalized spacial score (nSPS) is 20.4. The molecule has 2 unspecified atom stereocenters. The van der Waals surface area contributed by atoms with Crippen LogP contribution in [0.25, 0.3) is 10.9 Å². The van der Waals surface area contributed by atoms with E-state index in [1.54, 1.807) is 7.11 Å². The van der Waals surface area contributed by atoms with E-state index in [0.29, 0.717) is 40.3 Å². The molecule has 2 aliphatic heterocycles. The van der Waals surface area contributed by atoms with Crippen LogP contribution in [0.4, 0.5) is 11.5 Å². The Balaban J connectivity index is 1.49. The average Bonchev–Trinajstić information content (AvgIpc) is 3.39. The van der Waals surface area contributed by atoms with Crippen LogP contribution >= 0.6 is 0 Å². The first-order valence-electron chi connectivity index (χ1n) is 11.7.